The van der Waals surface area contributed by atoms with Gasteiger partial charge in [0.25, 0.3) is 5.91 Å². The number of benzene rings is 1. The van der Waals surface area contributed by atoms with Gasteiger partial charge in [-0.1, -0.05) is 11.6 Å². The largest absolute Gasteiger partial charge is 0.489 e. The molecule has 1 amide bonds. The number of rotatable bonds is 3. The van der Waals surface area contributed by atoms with Gasteiger partial charge < -0.3 is 9.64 Å². The van der Waals surface area contributed by atoms with E-state index in [-0.39, 0.29) is 17.6 Å². The highest BCUT2D eigenvalue weighted by Crippen LogP contribution is 2.26. The quantitative estimate of drug-likeness (QED) is 0.846. The standard InChI is InChI=1S/C17H15ClF2N2O2/c18-13-10-21-6-3-16(13)24-12-4-7-22(8-5-12)17(23)11-1-2-14(19)15(20)9-11/h1-3,6,9-10,12H,4-5,7-8H2. The number of halogens is 3. The number of likely N-dealkylation sites (tertiary alicyclic amines) is 1. The van der Waals surface area contributed by atoms with Crippen LogP contribution >= 0.6 is 11.6 Å². The van der Waals surface area contributed by atoms with Crippen LogP contribution in [0, 0.1) is 11.6 Å². The Morgan fingerprint density at radius 1 is 1.21 bits per heavy atom. The summed E-state index contributed by atoms with van der Waals surface area (Å²) >= 11 is 6.01. The van der Waals surface area contributed by atoms with Gasteiger partial charge in [0.1, 0.15) is 16.9 Å². The van der Waals surface area contributed by atoms with Crippen molar-refractivity contribution in [2.75, 3.05) is 13.1 Å². The molecule has 1 aliphatic heterocycles. The van der Waals surface area contributed by atoms with E-state index in [4.69, 9.17) is 16.3 Å². The van der Waals surface area contributed by atoms with Gasteiger partial charge in [0, 0.05) is 50.0 Å². The Labute approximate surface area is 143 Å². The van der Waals surface area contributed by atoms with Gasteiger partial charge in [0.05, 0.1) is 0 Å². The predicted molar refractivity (Wildman–Crippen MR) is 85.2 cm³/mol. The first kappa shape index (κ1) is 16.6. The van der Waals surface area contributed by atoms with Gasteiger partial charge in [-0.3, -0.25) is 9.78 Å². The third-order valence-electron chi connectivity index (χ3n) is 3.92. The summed E-state index contributed by atoms with van der Waals surface area (Å²) in [6.45, 7) is 0.955. The van der Waals surface area contributed by atoms with Crippen LogP contribution in [0.15, 0.2) is 36.7 Å². The number of hydrogen-bond acceptors (Lipinski definition) is 3. The number of pyridine rings is 1. The van der Waals surface area contributed by atoms with E-state index < -0.39 is 11.6 Å². The fourth-order valence-corrected chi connectivity index (χ4v) is 2.79. The molecule has 1 aliphatic rings. The first-order valence-corrected chi connectivity index (χ1v) is 7.93. The van der Waals surface area contributed by atoms with Crippen LogP contribution < -0.4 is 4.74 Å². The lowest BCUT2D eigenvalue weighted by molar-refractivity contribution is 0.0595. The van der Waals surface area contributed by atoms with Gasteiger partial charge in [0.15, 0.2) is 11.6 Å². The van der Waals surface area contributed by atoms with Crippen LogP contribution in [0.3, 0.4) is 0 Å². The summed E-state index contributed by atoms with van der Waals surface area (Å²) in [4.78, 5) is 17.9. The summed E-state index contributed by atoms with van der Waals surface area (Å²) in [7, 11) is 0. The maximum atomic E-state index is 13.3. The molecular formula is C17H15ClF2N2O2. The maximum absolute atomic E-state index is 13.3. The van der Waals surface area contributed by atoms with Gasteiger partial charge in [-0.2, -0.15) is 0 Å². The molecule has 3 rings (SSSR count). The van der Waals surface area contributed by atoms with Gasteiger partial charge >= 0.3 is 0 Å². The first-order chi connectivity index (χ1) is 11.5. The van der Waals surface area contributed by atoms with Crippen LogP contribution in [0.4, 0.5) is 8.78 Å². The minimum atomic E-state index is -1.02. The van der Waals surface area contributed by atoms with Crippen LogP contribution in [0.2, 0.25) is 5.02 Å². The lowest BCUT2D eigenvalue weighted by Crippen LogP contribution is -2.41. The summed E-state index contributed by atoms with van der Waals surface area (Å²) in [5.74, 6) is -1.73. The van der Waals surface area contributed by atoms with Crippen LogP contribution in [-0.4, -0.2) is 35.0 Å². The van der Waals surface area contributed by atoms with Crippen molar-refractivity contribution in [2.24, 2.45) is 0 Å². The van der Waals surface area contributed by atoms with Crippen molar-refractivity contribution in [3.05, 3.63) is 58.9 Å². The van der Waals surface area contributed by atoms with Crippen LogP contribution in [0.1, 0.15) is 23.2 Å². The number of aromatic nitrogens is 1. The SMILES string of the molecule is O=C(c1ccc(F)c(F)c1)N1CCC(Oc2ccncc2Cl)CC1. The summed E-state index contributed by atoms with van der Waals surface area (Å²) in [6.07, 6.45) is 4.32. The van der Waals surface area contributed by atoms with E-state index in [1.165, 1.54) is 12.3 Å². The molecule has 0 bridgehead atoms. The molecule has 2 aromatic rings. The van der Waals surface area contributed by atoms with E-state index in [0.29, 0.717) is 36.7 Å². The van der Waals surface area contributed by atoms with E-state index in [1.54, 1.807) is 17.2 Å². The average molecular weight is 353 g/mol. The molecule has 0 spiro atoms. The fraction of sp³-hybridized carbons (Fsp3) is 0.294. The van der Waals surface area contributed by atoms with Crippen LogP contribution in [-0.2, 0) is 0 Å². The highest BCUT2D eigenvalue weighted by molar-refractivity contribution is 6.31. The van der Waals surface area contributed by atoms with Gasteiger partial charge in [0.2, 0.25) is 0 Å². The molecule has 1 aromatic carbocycles. The highest BCUT2D eigenvalue weighted by atomic mass is 35.5. The van der Waals surface area contributed by atoms with Crippen molar-refractivity contribution in [2.45, 2.75) is 18.9 Å². The van der Waals surface area contributed by atoms with Crippen LogP contribution in [0.5, 0.6) is 5.75 Å². The average Bonchev–Trinajstić information content (AvgIpc) is 2.59. The molecule has 126 valence electrons. The number of amides is 1. The van der Waals surface area contributed by atoms with Crippen molar-refractivity contribution in [1.82, 2.24) is 9.88 Å². The Kier molecular flexibility index (Phi) is 4.94. The molecule has 4 nitrogen and oxygen atoms in total. The molecular weight excluding hydrogens is 338 g/mol. The van der Waals surface area contributed by atoms with Crippen molar-refractivity contribution in [3.8, 4) is 5.75 Å². The zero-order valence-electron chi connectivity index (χ0n) is 12.7. The third kappa shape index (κ3) is 3.64. The number of carbonyl (C=O) groups excluding carboxylic acids is 1. The van der Waals surface area contributed by atoms with E-state index in [9.17, 15) is 13.6 Å². The van der Waals surface area contributed by atoms with Crippen LogP contribution in [0.25, 0.3) is 0 Å². The summed E-state index contributed by atoms with van der Waals surface area (Å²) in [5.41, 5.74) is 0.144. The third-order valence-corrected chi connectivity index (χ3v) is 4.21. The monoisotopic (exact) mass is 352 g/mol. The van der Waals surface area contributed by atoms with Crippen molar-refractivity contribution >= 4 is 17.5 Å². The molecule has 0 unspecified atom stereocenters. The van der Waals surface area contributed by atoms with E-state index in [0.717, 1.165) is 12.1 Å². The molecule has 1 saturated heterocycles. The molecule has 7 heteroatoms. The Hall–Kier alpha value is -2.21. The van der Waals surface area contributed by atoms with E-state index >= 15 is 0 Å². The Morgan fingerprint density at radius 2 is 1.96 bits per heavy atom. The van der Waals surface area contributed by atoms with E-state index in [1.807, 2.05) is 0 Å². The zero-order chi connectivity index (χ0) is 17.1. The predicted octanol–water partition coefficient (Wildman–Crippen LogP) is 3.70. The number of nitrogens with zero attached hydrogens (tertiary/aromatic N) is 2. The topological polar surface area (TPSA) is 42.4 Å². The molecule has 1 aromatic heterocycles. The Morgan fingerprint density at radius 3 is 2.62 bits per heavy atom. The molecule has 24 heavy (non-hydrogen) atoms. The number of hydrogen-bond donors (Lipinski definition) is 0. The maximum Gasteiger partial charge on any atom is 0.253 e. The Balaban J connectivity index is 1.59. The molecule has 1 fully saturated rings. The minimum absolute atomic E-state index is 0.0566. The zero-order valence-corrected chi connectivity index (χ0v) is 13.5. The molecule has 0 N–H and O–H groups in total. The number of ether oxygens (including phenoxy) is 1. The van der Waals surface area contributed by atoms with Crippen molar-refractivity contribution in [3.63, 3.8) is 0 Å². The van der Waals surface area contributed by atoms with Gasteiger partial charge in [-0.05, 0) is 18.2 Å². The first-order valence-electron chi connectivity index (χ1n) is 7.55. The Bertz CT molecular complexity index is 749. The molecule has 0 saturated carbocycles. The summed E-state index contributed by atoms with van der Waals surface area (Å²) < 4.78 is 32.1. The smallest absolute Gasteiger partial charge is 0.253 e. The minimum Gasteiger partial charge on any atom is -0.489 e. The fourth-order valence-electron chi connectivity index (χ4n) is 2.63. The van der Waals surface area contributed by atoms with E-state index in [2.05, 4.69) is 4.98 Å². The molecule has 0 atom stereocenters. The lowest BCUT2D eigenvalue weighted by atomic mass is 10.1. The summed E-state index contributed by atoms with van der Waals surface area (Å²) in [5, 5.41) is 0.442. The second kappa shape index (κ2) is 7.13. The lowest BCUT2D eigenvalue weighted by Gasteiger charge is -2.32. The molecule has 2 heterocycles. The second-order valence-corrected chi connectivity index (χ2v) is 5.95. The molecule has 0 radical (unpaired) electrons. The van der Waals surface area contributed by atoms with Crippen molar-refractivity contribution in [1.29, 1.82) is 0 Å². The second-order valence-electron chi connectivity index (χ2n) is 5.54. The summed E-state index contributed by atoms with van der Waals surface area (Å²) in [6, 6.07) is 4.88. The van der Waals surface area contributed by atoms with Gasteiger partial charge in [-0.15, -0.1) is 0 Å². The van der Waals surface area contributed by atoms with Gasteiger partial charge in [-0.25, -0.2) is 8.78 Å². The molecule has 0 aliphatic carbocycles. The van der Waals surface area contributed by atoms with Crippen molar-refractivity contribution < 1.29 is 18.3 Å². The number of carbonyl (C=O) groups is 1. The normalized spacial score (nSPS) is 15.4. The highest BCUT2D eigenvalue weighted by Gasteiger charge is 2.25. The number of piperidine rings is 1.